The fraction of sp³-hybridized carbons (Fsp3) is 0.278. The SMILES string of the molecule is CCN(CC(C)Cl)c1ccc(Sc2cc(C(N)=O)c([N+](=O)[O-])cc2[N+](=O)[O-])cc1. The predicted molar refractivity (Wildman–Crippen MR) is 112 cm³/mol. The molecule has 1 unspecified atom stereocenters. The summed E-state index contributed by atoms with van der Waals surface area (Å²) in [6, 6.07) is 9.12. The number of nitro groups is 2. The van der Waals surface area contributed by atoms with Gasteiger partial charge in [-0.3, -0.25) is 25.0 Å². The van der Waals surface area contributed by atoms with Crippen molar-refractivity contribution >= 4 is 46.3 Å². The van der Waals surface area contributed by atoms with Crippen LogP contribution in [0.5, 0.6) is 0 Å². The van der Waals surface area contributed by atoms with Gasteiger partial charge in [0.2, 0.25) is 0 Å². The van der Waals surface area contributed by atoms with Crippen LogP contribution in [-0.2, 0) is 0 Å². The number of rotatable bonds is 9. The maximum atomic E-state index is 11.6. The van der Waals surface area contributed by atoms with E-state index in [2.05, 4.69) is 4.90 Å². The molecule has 0 saturated carbocycles. The molecule has 0 saturated heterocycles. The number of nitrogens with two attached hydrogens (primary N) is 1. The third kappa shape index (κ3) is 5.58. The van der Waals surface area contributed by atoms with E-state index in [-0.39, 0.29) is 15.8 Å². The maximum absolute atomic E-state index is 11.6. The van der Waals surface area contributed by atoms with Crippen molar-refractivity contribution < 1.29 is 14.6 Å². The molecule has 0 aromatic heterocycles. The van der Waals surface area contributed by atoms with Gasteiger partial charge >= 0.3 is 0 Å². The number of alkyl halides is 1. The van der Waals surface area contributed by atoms with Crippen LogP contribution in [0.1, 0.15) is 24.2 Å². The third-order valence-electron chi connectivity index (χ3n) is 4.02. The van der Waals surface area contributed by atoms with Crippen molar-refractivity contribution in [3.63, 3.8) is 0 Å². The van der Waals surface area contributed by atoms with E-state index < -0.39 is 27.1 Å². The molecule has 0 aliphatic carbocycles. The van der Waals surface area contributed by atoms with Gasteiger partial charge in [0.15, 0.2) is 0 Å². The van der Waals surface area contributed by atoms with Gasteiger partial charge in [-0.1, -0.05) is 11.8 Å². The van der Waals surface area contributed by atoms with E-state index in [9.17, 15) is 25.0 Å². The van der Waals surface area contributed by atoms with Gasteiger partial charge in [0.05, 0.1) is 20.8 Å². The van der Waals surface area contributed by atoms with E-state index in [1.807, 2.05) is 26.0 Å². The highest BCUT2D eigenvalue weighted by Gasteiger charge is 2.27. The lowest BCUT2D eigenvalue weighted by Gasteiger charge is -2.24. The zero-order valence-electron chi connectivity index (χ0n) is 15.7. The Bertz CT molecular complexity index is 937. The smallest absolute Gasteiger partial charge is 0.290 e. The van der Waals surface area contributed by atoms with Crippen LogP contribution in [-0.4, -0.2) is 34.2 Å². The van der Waals surface area contributed by atoms with Crippen molar-refractivity contribution in [1.82, 2.24) is 0 Å². The molecule has 2 N–H and O–H groups in total. The summed E-state index contributed by atoms with van der Waals surface area (Å²) < 4.78 is 0. The predicted octanol–water partition coefficient (Wildman–Crippen LogP) is 4.21. The number of carbonyl (C=O) groups excluding carboxylic acids is 1. The van der Waals surface area contributed by atoms with Gasteiger partial charge in [0.1, 0.15) is 5.56 Å². The van der Waals surface area contributed by atoms with Crippen LogP contribution in [0.2, 0.25) is 0 Å². The van der Waals surface area contributed by atoms with Gasteiger partial charge in [-0.05, 0) is 44.2 Å². The lowest BCUT2D eigenvalue weighted by atomic mass is 10.1. The first kappa shape index (κ1) is 22.4. The Morgan fingerprint density at radius 3 is 2.21 bits per heavy atom. The highest BCUT2D eigenvalue weighted by molar-refractivity contribution is 7.99. The van der Waals surface area contributed by atoms with E-state index in [0.717, 1.165) is 36.1 Å². The Balaban J connectivity index is 2.40. The Kier molecular flexibility index (Phi) is 7.40. The minimum Gasteiger partial charge on any atom is -0.370 e. The fourth-order valence-electron chi connectivity index (χ4n) is 2.70. The minimum absolute atomic E-state index is 0.0287. The van der Waals surface area contributed by atoms with Crippen LogP contribution >= 0.6 is 23.4 Å². The van der Waals surface area contributed by atoms with Gasteiger partial charge in [0, 0.05) is 29.0 Å². The molecular weight excluding hydrogens is 420 g/mol. The van der Waals surface area contributed by atoms with Crippen LogP contribution in [0, 0.1) is 20.2 Å². The first-order chi connectivity index (χ1) is 13.6. The molecule has 0 radical (unpaired) electrons. The zero-order chi connectivity index (χ0) is 21.7. The molecule has 2 aromatic carbocycles. The number of hydrogen-bond acceptors (Lipinski definition) is 7. The van der Waals surface area contributed by atoms with Gasteiger partial charge in [0.25, 0.3) is 17.3 Å². The van der Waals surface area contributed by atoms with E-state index >= 15 is 0 Å². The first-order valence-electron chi connectivity index (χ1n) is 8.57. The second kappa shape index (κ2) is 9.57. The van der Waals surface area contributed by atoms with Gasteiger partial charge in [-0.25, -0.2) is 0 Å². The summed E-state index contributed by atoms with van der Waals surface area (Å²) in [5.41, 5.74) is 4.61. The number of hydrogen-bond donors (Lipinski definition) is 1. The number of nitrogens with zero attached hydrogens (tertiary/aromatic N) is 3. The summed E-state index contributed by atoms with van der Waals surface area (Å²) in [5.74, 6) is -1.03. The van der Waals surface area contributed by atoms with Gasteiger partial charge < -0.3 is 10.6 Å². The average Bonchev–Trinajstić information content (AvgIpc) is 2.65. The van der Waals surface area contributed by atoms with E-state index in [0.29, 0.717) is 11.4 Å². The molecule has 11 heteroatoms. The zero-order valence-corrected chi connectivity index (χ0v) is 17.3. The molecule has 0 fully saturated rings. The maximum Gasteiger partial charge on any atom is 0.290 e. The molecule has 9 nitrogen and oxygen atoms in total. The number of anilines is 1. The second-order valence-electron chi connectivity index (χ2n) is 6.13. The highest BCUT2D eigenvalue weighted by Crippen LogP contribution is 2.39. The number of carbonyl (C=O) groups is 1. The van der Waals surface area contributed by atoms with Crippen molar-refractivity contribution in [3.05, 3.63) is 62.2 Å². The lowest BCUT2D eigenvalue weighted by Crippen LogP contribution is -2.28. The summed E-state index contributed by atoms with van der Waals surface area (Å²) in [5, 5.41) is 22.5. The largest absolute Gasteiger partial charge is 0.370 e. The van der Waals surface area contributed by atoms with Crippen molar-refractivity contribution in [1.29, 1.82) is 0 Å². The second-order valence-corrected chi connectivity index (χ2v) is 7.99. The molecule has 1 amide bonds. The third-order valence-corrected chi connectivity index (χ3v) is 5.21. The van der Waals surface area contributed by atoms with Crippen LogP contribution < -0.4 is 10.6 Å². The average molecular weight is 439 g/mol. The monoisotopic (exact) mass is 438 g/mol. The van der Waals surface area contributed by atoms with Gasteiger partial charge in [-0.2, -0.15) is 0 Å². The summed E-state index contributed by atoms with van der Waals surface area (Å²) in [7, 11) is 0. The molecule has 0 bridgehead atoms. The van der Waals surface area contributed by atoms with Crippen molar-refractivity contribution in [2.24, 2.45) is 5.73 Å². The first-order valence-corrected chi connectivity index (χ1v) is 9.82. The van der Waals surface area contributed by atoms with Crippen molar-refractivity contribution in [3.8, 4) is 0 Å². The number of halogens is 1. The van der Waals surface area contributed by atoms with Crippen LogP contribution in [0.15, 0.2) is 46.2 Å². The molecule has 1 atom stereocenters. The Morgan fingerprint density at radius 1 is 1.17 bits per heavy atom. The summed E-state index contributed by atoms with van der Waals surface area (Å²) in [6.45, 7) is 5.34. The van der Waals surface area contributed by atoms with Crippen LogP contribution in [0.25, 0.3) is 0 Å². The summed E-state index contributed by atoms with van der Waals surface area (Å²) >= 11 is 7.09. The molecule has 2 aromatic rings. The highest BCUT2D eigenvalue weighted by atomic mass is 35.5. The van der Waals surface area contributed by atoms with Gasteiger partial charge in [-0.15, -0.1) is 11.6 Å². The molecule has 2 rings (SSSR count). The van der Waals surface area contributed by atoms with Crippen molar-refractivity contribution in [2.75, 3.05) is 18.0 Å². The number of nitro benzene ring substituents is 2. The molecule has 154 valence electrons. The summed E-state index contributed by atoms with van der Waals surface area (Å²) in [4.78, 5) is 35.3. The fourth-order valence-corrected chi connectivity index (χ4v) is 3.81. The molecule has 0 aliphatic rings. The lowest BCUT2D eigenvalue weighted by molar-refractivity contribution is -0.396. The quantitative estimate of drug-likeness (QED) is 0.352. The molecule has 0 spiro atoms. The Hall–Kier alpha value is -2.85. The standard InChI is InChI=1S/C18H19ClN4O5S/c1-3-21(10-11(2)19)12-4-6-13(7-5-12)29-17-8-14(18(20)24)15(22(25)26)9-16(17)23(27)28/h4-9,11H,3,10H2,1-2H3,(H2,20,24). The normalized spacial score (nSPS) is 11.7. The summed E-state index contributed by atoms with van der Waals surface area (Å²) in [6.07, 6.45) is 0. The van der Waals surface area contributed by atoms with E-state index in [1.165, 1.54) is 0 Å². The number of benzene rings is 2. The van der Waals surface area contributed by atoms with Crippen LogP contribution in [0.3, 0.4) is 0 Å². The Labute approximate surface area is 176 Å². The topological polar surface area (TPSA) is 133 Å². The minimum atomic E-state index is -1.03. The molecule has 29 heavy (non-hydrogen) atoms. The molecule has 0 heterocycles. The molecule has 0 aliphatic heterocycles. The Morgan fingerprint density at radius 2 is 1.76 bits per heavy atom. The number of amides is 1. The van der Waals surface area contributed by atoms with Crippen molar-refractivity contribution in [2.45, 2.75) is 29.0 Å². The molecular formula is C18H19ClN4O5S. The number of primary amides is 1. The van der Waals surface area contributed by atoms with Crippen LogP contribution in [0.4, 0.5) is 17.1 Å². The van der Waals surface area contributed by atoms with E-state index in [1.54, 1.807) is 12.1 Å². The van der Waals surface area contributed by atoms with E-state index in [4.69, 9.17) is 17.3 Å².